The number of benzene rings is 2. The molecule has 0 saturated heterocycles. The first-order chi connectivity index (χ1) is 11.5. The molecule has 128 valence electrons. The van der Waals surface area contributed by atoms with Crippen LogP contribution in [-0.2, 0) is 16.4 Å². The number of rotatable bonds is 6. The molecule has 24 heavy (non-hydrogen) atoms. The molecule has 2 aromatic rings. The van der Waals surface area contributed by atoms with Gasteiger partial charge in [0, 0.05) is 12.6 Å². The van der Waals surface area contributed by atoms with E-state index in [2.05, 4.69) is 4.72 Å². The summed E-state index contributed by atoms with van der Waals surface area (Å²) < 4.78 is 50.8. The van der Waals surface area contributed by atoms with E-state index >= 15 is 0 Å². The van der Waals surface area contributed by atoms with Gasteiger partial charge in [0.1, 0.15) is 19.0 Å². The highest BCUT2D eigenvalue weighted by molar-refractivity contribution is 7.89. The molecule has 3 rings (SSSR count). The van der Waals surface area contributed by atoms with Crippen LogP contribution in [0.15, 0.2) is 47.4 Å². The molecule has 1 aliphatic heterocycles. The average molecular weight is 351 g/mol. The van der Waals surface area contributed by atoms with Crippen molar-refractivity contribution in [2.45, 2.75) is 17.7 Å². The van der Waals surface area contributed by atoms with Gasteiger partial charge in [0.05, 0.1) is 4.90 Å². The van der Waals surface area contributed by atoms with Crippen LogP contribution in [0.5, 0.6) is 11.5 Å². The number of hydrogen-bond donors (Lipinski definition) is 1. The summed E-state index contributed by atoms with van der Waals surface area (Å²) in [7, 11) is -3.60. The molecule has 1 N–H and O–H groups in total. The van der Waals surface area contributed by atoms with E-state index in [-0.39, 0.29) is 10.7 Å². The minimum atomic E-state index is -3.60. The summed E-state index contributed by atoms with van der Waals surface area (Å²) in [6, 6.07) is 10.8. The number of fused-ring (bicyclic) bond motifs is 1. The monoisotopic (exact) mass is 351 g/mol. The van der Waals surface area contributed by atoms with Crippen LogP contribution in [0.4, 0.5) is 4.39 Å². The number of ether oxygens (including phenoxy) is 2. The number of halogens is 1. The van der Waals surface area contributed by atoms with Crippen LogP contribution < -0.4 is 14.2 Å². The fourth-order valence-corrected chi connectivity index (χ4v) is 3.51. The van der Waals surface area contributed by atoms with E-state index in [9.17, 15) is 12.8 Å². The van der Waals surface area contributed by atoms with Crippen molar-refractivity contribution in [1.29, 1.82) is 0 Å². The first kappa shape index (κ1) is 16.7. The van der Waals surface area contributed by atoms with Gasteiger partial charge >= 0.3 is 0 Å². The highest BCUT2D eigenvalue weighted by Gasteiger charge is 2.18. The summed E-state index contributed by atoms with van der Waals surface area (Å²) in [6.45, 7) is 1.16. The third kappa shape index (κ3) is 4.04. The van der Waals surface area contributed by atoms with Crippen LogP contribution in [-0.4, -0.2) is 28.2 Å². The second kappa shape index (κ2) is 7.19. The Kier molecular flexibility index (Phi) is 5.01. The third-order valence-electron chi connectivity index (χ3n) is 3.67. The smallest absolute Gasteiger partial charge is 0.240 e. The molecule has 1 heterocycles. The zero-order valence-corrected chi connectivity index (χ0v) is 13.8. The summed E-state index contributed by atoms with van der Waals surface area (Å²) >= 11 is 0. The Bertz CT molecular complexity index is 806. The van der Waals surface area contributed by atoms with Gasteiger partial charge in [0.15, 0.2) is 11.5 Å². The van der Waals surface area contributed by atoms with Crippen molar-refractivity contribution in [2.24, 2.45) is 0 Å². The third-order valence-corrected chi connectivity index (χ3v) is 5.13. The van der Waals surface area contributed by atoms with Crippen LogP contribution in [0.1, 0.15) is 12.0 Å². The molecule has 0 fully saturated rings. The Hall–Kier alpha value is -2.12. The lowest BCUT2D eigenvalue weighted by molar-refractivity contribution is 0.171. The summed E-state index contributed by atoms with van der Waals surface area (Å²) in [5.41, 5.74) is 0.968. The quantitative estimate of drug-likeness (QED) is 0.812. The predicted octanol–water partition coefficient (Wildman–Crippen LogP) is 2.51. The van der Waals surface area contributed by atoms with Crippen LogP contribution in [0.25, 0.3) is 0 Å². The van der Waals surface area contributed by atoms with E-state index in [1.807, 2.05) is 0 Å². The molecular weight excluding hydrogens is 333 g/mol. The SMILES string of the molecule is O=S(=O)(NCCCc1ccc(F)cc1)c1ccc2c(c1)OCCO2. The zero-order chi connectivity index (χ0) is 17.0. The Morgan fingerprint density at radius 2 is 1.71 bits per heavy atom. The topological polar surface area (TPSA) is 64.6 Å². The molecule has 0 amide bonds. The van der Waals surface area contributed by atoms with E-state index in [1.165, 1.54) is 24.3 Å². The van der Waals surface area contributed by atoms with Crippen LogP contribution in [0.2, 0.25) is 0 Å². The molecule has 0 radical (unpaired) electrons. The zero-order valence-electron chi connectivity index (χ0n) is 13.0. The van der Waals surface area contributed by atoms with Crippen molar-refractivity contribution in [3.63, 3.8) is 0 Å². The Morgan fingerprint density at radius 3 is 2.46 bits per heavy atom. The molecular formula is C17H18FNO4S. The molecule has 0 aromatic heterocycles. The number of nitrogens with one attached hydrogen (secondary N) is 1. The Labute approximate surface area is 140 Å². The number of aryl methyl sites for hydroxylation is 1. The average Bonchev–Trinajstić information content (AvgIpc) is 2.60. The first-order valence-electron chi connectivity index (χ1n) is 7.68. The molecule has 0 unspecified atom stereocenters. The van der Waals surface area contributed by atoms with Gasteiger partial charge in [-0.05, 0) is 42.7 Å². The van der Waals surface area contributed by atoms with Crippen LogP contribution in [0, 0.1) is 5.82 Å². The largest absolute Gasteiger partial charge is 0.486 e. The summed E-state index contributed by atoms with van der Waals surface area (Å²) in [5, 5.41) is 0. The second-order valence-corrected chi connectivity index (χ2v) is 7.20. The van der Waals surface area contributed by atoms with Crippen molar-refractivity contribution in [3.05, 3.63) is 53.8 Å². The first-order valence-corrected chi connectivity index (χ1v) is 9.17. The maximum absolute atomic E-state index is 12.8. The Morgan fingerprint density at radius 1 is 1.00 bits per heavy atom. The number of sulfonamides is 1. The van der Waals surface area contributed by atoms with Gasteiger partial charge in [0.25, 0.3) is 0 Å². The van der Waals surface area contributed by atoms with Crippen molar-refractivity contribution in [3.8, 4) is 11.5 Å². The molecule has 0 atom stereocenters. The van der Waals surface area contributed by atoms with E-state index in [0.717, 1.165) is 5.56 Å². The van der Waals surface area contributed by atoms with E-state index < -0.39 is 10.0 Å². The van der Waals surface area contributed by atoms with E-state index in [0.29, 0.717) is 44.1 Å². The van der Waals surface area contributed by atoms with Gasteiger partial charge in [-0.1, -0.05) is 12.1 Å². The van der Waals surface area contributed by atoms with Gasteiger partial charge in [-0.2, -0.15) is 0 Å². The number of hydrogen-bond acceptors (Lipinski definition) is 4. The lowest BCUT2D eigenvalue weighted by Crippen LogP contribution is -2.25. The van der Waals surface area contributed by atoms with Gasteiger partial charge in [-0.15, -0.1) is 0 Å². The summed E-state index contributed by atoms with van der Waals surface area (Å²) in [6.07, 6.45) is 1.29. The molecule has 0 saturated carbocycles. The van der Waals surface area contributed by atoms with Crippen LogP contribution >= 0.6 is 0 Å². The molecule has 5 nitrogen and oxygen atoms in total. The van der Waals surface area contributed by atoms with Gasteiger partial charge in [-0.25, -0.2) is 17.5 Å². The van der Waals surface area contributed by atoms with Gasteiger partial charge in [0.2, 0.25) is 10.0 Å². The highest BCUT2D eigenvalue weighted by atomic mass is 32.2. The Balaban J connectivity index is 1.57. The van der Waals surface area contributed by atoms with Crippen molar-refractivity contribution in [1.82, 2.24) is 4.72 Å². The second-order valence-electron chi connectivity index (χ2n) is 5.43. The van der Waals surface area contributed by atoms with Gasteiger partial charge in [-0.3, -0.25) is 0 Å². The molecule has 0 spiro atoms. The van der Waals surface area contributed by atoms with E-state index in [1.54, 1.807) is 18.2 Å². The van der Waals surface area contributed by atoms with Crippen LogP contribution in [0.3, 0.4) is 0 Å². The summed E-state index contributed by atoms with van der Waals surface area (Å²) in [5.74, 6) is 0.713. The lowest BCUT2D eigenvalue weighted by Gasteiger charge is -2.18. The minimum Gasteiger partial charge on any atom is -0.486 e. The van der Waals surface area contributed by atoms with Crippen molar-refractivity contribution in [2.75, 3.05) is 19.8 Å². The summed E-state index contributed by atoms with van der Waals surface area (Å²) in [4.78, 5) is 0.147. The predicted molar refractivity (Wildman–Crippen MR) is 87.3 cm³/mol. The minimum absolute atomic E-state index is 0.147. The van der Waals surface area contributed by atoms with Gasteiger partial charge < -0.3 is 9.47 Å². The molecule has 0 bridgehead atoms. The fourth-order valence-electron chi connectivity index (χ4n) is 2.42. The normalized spacial score (nSPS) is 13.7. The molecule has 7 heteroatoms. The maximum atomic E-state index is 12.8. The molecule has 2 aromatic carbocycles. The fraction of sp³-hybridized carbons (Fsp3) is 0.294. The standard InChI is InChI=1S/C17H18FNO4S/c18-14-5-3-13(4-6-14)2-1-9-19-24(20,21)15-7-8-16-17(12-15)23-11-10-22-16/h3-8,12,19H,1-2,9-11H2. The highest BCUT2D eigenvalue weighted by Crippen LogP contribution is 2.32. The van der Waals surface area contributed by atoms with Crippen molar-refractivity contribution < 1.29 is 22.3 Å². The van der Waals surface area contributed by atoms with Crippen molar-refractivity contribution >= 4 is 10.0 Å². The van der Waals surface area contributed by atoms with E-state index in [4.69, 9.17) is 9.47 Å². The molecule has 0 aliphatic carbocycles. The lowest BCUT2D eigenvalue weighted by atomic mass is 10.1. The maximum Gasteiger partial charge on any atom is 0.240 e. The molecule has 1 aliphatic rings.